The van der Waals surface area contributed by atoms with Gasteiger partial charge in [0, 0.05) is 5.56 Å². The van der Waals surface area contributed by atoms with Crippen LogP contribution in [0.25, 0.3) is 0 Å². The summed E-state index contributed by atoms with van der Waals surface area (Å²) in [6, 6.07) is 2.72. The molecule has 0 heterocycles. The molecule has 0 amide bonds. The first-order chi connectivity index (χ1) is 6.31. The molecule has 78 valence electrons. The van der Waals surface area contributed by atoms with Gasteiger partial charge in [0.15, 0.2) is 0 Å². The van der Waals surface area contributed by atoms with Crippen molar-refractivity contribution in [2.75, 3.05) is 11.0 Å². The lowest BCUT2D eigenvalue weighted by atomic mass is 10.2. The molecule has 3 nitrogen and oxygen atoms in total. The van der Waals surface area contributed by atoms with Crippen molar-refractivity contribution in [1.29, 1.82) is 0 Å². The smallest absolute Gasteiger partial charge is 0.229 e. The van der Waals surface area contributed by atoms with Gasteiger partial charge in [-0.1, -0.05) is 11.6 Å². The second-order valence-electron chi connectivity index (χ2n) is 2.91. The maximum Gasteiger partial charge on any atom is 0.229 e. The van der Waals surface area contributed by atoms with Crippen molar-refractivity contribution in [3.63, 3.8) is 0 Å². The van der Waals surface area contributed by atoms with E-state index in [0.29, 0.717) is 0 Å². The zero-order chi connectivity index (χ0) is 10.9. The molecule has 0 radical (unpaired) electrons. The maximum atomic E-state index is 13.2. The van der Waals surface area contributed by atoms with E-state index in [0.717, 1.165) is 6.26 Å². The first-order valence-electron chi connectivity index (χ1n) is 3.73. The Morgan fingerprint density at radius 3 is 2.50 bits per heavy atom. The summed E-state index contributed by atoms with van der Waals surface area (Å²) in [6.07, 6.45) is 0.999. The van der Waals surface area contributed by atoms with Gasteiger partial charge in [-0.3, -0.25) is 4.72 Å². The van der Waals surface area contributed by atoms with E-state index in [1.54, 1.807) is 0 Å². The molecule has 0 aromatic heterocycles. The maximum absolute atomic E-state index is 13.2. The molecule has 1 rings (SSSR count). The fraction of sp³-hybridized carbons (Fsp3) is 0.250. The van der Waals surface area contributed by atoms with Gasteiger partial charge in [0.25, 0.3) is 0 Å². The molecule has 1 aromatic carbocycles. The Labute approximate surface area is 86.9 Å². The SMILES string of the molecule is Cc1c(NS(C)(=O)=O)ccc(Cl)c1F. The quantitative estimate of drug-likeness (QED) is 0.857. The molecule has 0 aliphatic rings. The molecule has 1 aromatic rings. The normalized spacial score (nSPS) is 11.4. The highest BCUT2D eigenvalue weighted by Crippen LogP contribution is 2.24. The predicted molar refractivity (Wildman–Crippen MR) is 54.6 cm³/mol. The molecule has 0 saturated heterocycles. The van der Waals surface area contributed by atoms with Crippen LogP contribution >= 0.6 is 11.6 Å². The topological polar surface area (TPSA) is 46.2 Å². The van der Waals surface area contributed by atoms with Gasteiger partial charge in [0.05, 0.1) is 17.0 Å². The summed E-state index contributed by atoms with van der Waals surface area (Å²) >= 11 is 5.50. The van der Waals surface area contributed by atoms with Crippen molar-refractivity contribution >= 4 is 27.3 Å². The number of benzene rings is 1. The van der Waals surface area contributed by atoms with Gasteiger partial charge in [-0.2, -0.15) is 0 Å². The lowest BCUT2D eigenvalue weighted by molar-refractivity contribution is 0.606. The van der Waals surface area contributed by atoms with E-state index in [2.05, 4.69) is 4.72 Å². The van der Waals surface area contributed by atoms with E-state index >= 15 is 0 Å². The Balaban J connectivity index is 3.19. The third-order valence-electron chi connectivity index (χ3n) is 1.63. The van der Waals surface area contributed by atoms with Crippen LogP contribution in [0, 0.1) is 12.7 Å². The summed E-state index contributed by atoms with van der Waals surface area (Å²) in [6.45, 7) is 1.45. The van der Waals surface area contributed by atoms with Crippen molar-refractivity contribution in [2.24, 2.45) is 0 Å². The van der Waals surface area contributed by atoms with Crippen LogP contribution in [0.3, 0.4) is 0 Å². The highest BCUT2D eigenvalue weighted by atomic mass is 35.5. The van der Waals surface area contributed by atoms with Gasteiger partial charge in [-0.05, 0) is 19.1 Å². The predicted octanol–water partition coefficient (Wildman–Crippen LogP) is 2.16. The van der Waals surface area contributed by atoms with Crippen LogP contribution in [0.2, 0.25) is 5.02 Å². The van der Waals surface area contributed by atoms with Gasteiger partial charge in [-0.25, -0.2) is 12.8 Å². The largest absolute Gasteiger partial charge is 0.283 e. The minimum absolute atomic E-state index is 0.0263. The molecule has 6 heteroatoms. The third-order valence-corrected chi connectivity index (χ3v) is 2.52. The molecule has 14 heavy (non-hydrogen) atoms. The number of hydrogen-bond acceptors (Lipinski definition) is 2. The van der Waals surface area contributed by atoms with Crippen LogP contribution in [0.4, 0.5) is 10.1 Å². The zero-order valence-electron chi connectivity index (χ0n) is 7.64. The third kappa shape index (κ3) is 2.59. The van der Waals surface area contributed by atoms with Crippen molar-refractivity contribution in [2.45, 2.75) is 6.92 Å². The average Bonchev–Trinajstić information content (AvgIpc) is 2.04. The summed E-state index contributed by atoms with van der Waals surface area (Å²) in [7, 11) is -3.39. The average molecular weight is 238 g/mol. The van der Waals surface area contributed by atoms with E-state index in [1.165, 1.54) is 19.1 Å². The molecule has 0 saturated carbocycles. The van der Waals surface area contributed by atoms with Crippen LogP contribution < -0.4 is 4.72 Å². The number of halogens is 2. The molecule has 0 atom stereocenters. The molecule has 0 fully saturated rings. The first-order valence-corrected chi connectivity index (χ1v) is 6.00. The minimum Gasteiger partial charge on any atom is -0.283 e. The Morgan fingerprint density at radius 2 is 2.00 bits per heavy atom. The van der Waals surface area contributed by atoms with E-state index in [1.807, 2.05) is 0 Å². The molecule has 0 unspecified atom stereocenters. The van der Waals surface area contributed by atoms with Crippen molar-refractivity contribution in [3.8, 4) is 0 Å². The lowest BCUT2D eigenvalue weighted by Crippen LogP contribution is -2.11. The Kier molecular flexibility index (Phi) is 3.01. The van der Waals surface area contributed by atoms with Gasteiger partial charge >= 0.3 is 0 Å². The number of anilines is 1. The molecular formula is C8H9ClFNO2S. The highest BCUT2D eigenvalue weighted by Gasteiger charge is 2.10. The second kappa shape index (κ2) is 3.74. The molecular weight excluding hydrogens is 229 g/mol. The summed E-state index contributed by atoms with van der Waals surface area (Å²) in [5.41, 5.74) is 0.386. The van der Waals surface area contributed by atoms with Gasteiger partial charge in [0.1, 0.15) is 5.82 Å². The number of hydrogen-bond donors (Lipinski definition) is 1. The van der Waals surface area contributed by atoms with E-state index in [-0.39, 0.29) is 16.3 Å². The second-order valence-corrected chi connectivity index (χ2v) is 5.06. The molecule has 0 spiro atoms. The van der Waals surface area contributed by atoms with E-state index in [9.17, 15) is 12.8 Å². The van der Waals surface area contributed by atoms with Crippen LogP contribution in [0.5, 0.6) is 0 Å². The highest BCUT2D eigenvalue weighted by molar-refractivity contribution is 7.92. The number of nitrogens with one attached hydrogen (secondary N) is 1. The number of rotatable bonds is 2. The van der Waals surface area contributed by atoms with Crippen molar-refractivity contribution in [1.82, 2.24) is 0 Å². The lowest BCUT2D eigenvalue weighted by Gasteiger charge is -2.08. The molecule has 0 bridgehead atoms. The monoisotopic (exact) mass is 237 g/mol. The summed E-state index contributed by atoms with van der Waals surface area (Å²) in [4.78, 5) is 0. The fourth-order valence-corrected chi connectivity index (χ4v) is 1.79. The van der Waals surface area contributed by atoms with Crippen LogP contribution in [-0.4, -0.2) is 14.7 Å². The minimum atomic E-state index is -3.39. The van der Waals surface area contributed by atoms with Crippen LogP contribution in [0.1, 0.15) is 5.56 Å². The standard InChI is InChI=1S/C8H9ClFNO2S/c1-5-7(11-14(2,12)13)4-3-6(9)8(5)10/h3-4,11H,1-2H3. The summed E-state index contributed by atoms with van der Waals surface area (Å²) in [5, 5.41) is -0.0263. The molecule has 1 N–H and O–H groups in total. The molecule has 0 aliphatic carbocycles. The van der Waals surface area contributed by atoms with Crippen molar-refractivity contribution < 1.29 is 12.8 Å². The first kappa shape index (κ1) is 11.3. The van der Waals surface area contributed by atoms with Crippen LogP contribution in [0.15, 0.2) is 12.1 Å². The summed E-state index contributed by atoms with van der Waals surface area (Å²) in [5.74, 6) is -0.611. The Bertz CT molecular complexity index is 459. The van der Waals surface area contributed by atoms with Gasteiger partial charge < -0.3 is 0 Å². The van der Waals surface area contributed by atoms with E-state index < -0.39 is 15.8 Å². The Hall–Kier alpha value is -0.810. The van der Waals surface area contributed by atoms with Crippen LogP contribution in [-0.2, 0) is 10.0 Å². The number of sulfonamides is 1. The fourth-order valence-electron chi connectivity index (χ4n) is 0.962. The van der Waals surface area contributed by atoms with E-state index in [4.69, 9.17) is 11.6 Å². The summed E-state index contributed by atoms with van der Waals surface area (Å²) < 4.78 is 37.2. The molecule has 0 aliphatic heterocycles. The Morgan fingerprint density at radius 1 is 1.43 bits per heavy atom. The zero-order valence-corrected chi connectivity index (χ0v) is 9.21. The van der Waals surface area contributed by atoms with Gasteiger partial charge in [0.2, 0.25) is 10.0 Å². The van der Waals surface area contributed by atoms with Crippen molar-refractivity contribution in [3.05, 3.63) is 28.5 Å². The van der Waals surface area contributed by atoms with Gasteiger partial charge in [-0.15, -0.1) is 0 Å².